The summed E-state index contributed by atoms with van der Waals surface area (Å²) in [6.45, 7) is 0. The van der Waals surface area contributed by atoms with E-state index in [1.54, 1.807) is 24.4 Å². The highest BCUT2D eigenvalue weighted by molar-refractivity contribution is 6.09. The quantitative estimate of drug-likeness (QED) is 0.553. The van der Waals surface area contributed by atoms with E-state index in [-0.39, 0.29) is 18.6 Å². The van der Waals surface area contributed by atoms with Gasteiger partial charge >= 0.3 is 5.97 Å². The van der Waals surface area contributed by atoms with Gasteiger partial charge in [-0.05, 0) is 18.2 Å². The number of aliphatic carboxylic acids is 1. The predicted octanol–water partition coefficient (Wildman–Crippen LogP) is 1.80. The van der Waals surface area contributed by atoms with Crippen molar-refractivity contribution >= 4 is 28.3 Å². The minimum Gasteiger partial charge on any atom is -0.481 e. The number of nitrogens with one attached hydrogen (secondary N) is 1. The van der Waals surface area contributed by atoms with Crippen LogP contribution >= 0.6 is 0 Å². The summed E-state index contributed by atoms with van der Waals surface area (Å²) >= 11 is 0. The van der Waals surface area contributed by atoms with Crippen LogP contribution in [0.15, 0.2) is 24.4 Å². The molecule has 0 fully saturated rings. The smallest absolute Gasteiger partial charge is 0.303 e. The predicted molar refractivity (Wildman–Crippen MR) is 63.9 cm³/mol. The number of Topliss-reactive ketones (excluding diaryl/α,β-unsaturated/α-hetero) is 1. The van der Waals surface area contributed by atoms with E-state index in [0.29, 0.717) is 11.3 Å². The van der Waals surface area contributed by atoms with Crippen molar-refractivity contribution in [2.45, 2.75) is 12.8 Å². The van der Waals surface area contributed by atoms with Gasteiger partial charge in [0.2, 0.25) is 0 Å². The molecule has 0 bridgehead atoms. The van der Waals surface area contributed by atoms with E-state index in [4.69, 9.17) is 10.8 Å². The molecular formula is C12H12N2O3. The van der Waals surface area contributed by atoms with Crippen molar-refractivity contribution in [2.75, 3.05) is 5.73 Å². The summed E-state index contributed by atoms with van der Waals surface area (Å²) in [5.41, 5.74) is 7.54. The minimum absolute atomic E-state index is 0.00289. The second-order valence-corrected chi connectivity index (χ2v) is 3.82. The number of hydrogen-bond donors (Lipinski definition) is 3. The minimum atomic E-state index is -0.974. The van der Waals surface area contributed by atoms with Crippen molar-refractivity contribution in [1.29, 1.82) is 0 Å². The fourth-order valence-electron chi connectivity index (χ4n) is 1.72. The number of aromatic nitrogens is 1. The lowest BCUT2D eigenvalue weighted by Gasteiger charge is -1.98. The van der Waals surface area contributed by atoms with E-state index in [0.717, 1.165) is 10.9 Å². The third-order valence-electron chi connectivity index (χ3n) is 2.57. The molecule has 0 amide bonds. The van der Waals surface area contributed by atoms with Crippen LogP contribution in [0.25, 0.3) is 10.9 Å². The highest BCUT2D eigenvalue weighted by atomic mass is 16.4. The Labute approximate surface area is 97.2 Å². The molecule has 0 saturated carbocycles. The molecule has 0 radical (unpaired) electrons. The zero-order valence-corrected chi connectivity index (χ0v) is 9.06. The molecule has 0 aliphatic carbocycles. The largest absolute Gasteiger partial charge is 0.481 e. The Bertz CT molecular complexity index is 586. The number of H-pyrrole nitrogens is 1. The van der Waals surface area contributed by atoms with Gasteiger partial charge in [-0.25, -0.2) is 0 Å². The molecule has 88 valence electrons. The van der Waals surface area contributed by atoms with Crippen LogP contribution in [-0.2, 0) is 4.79 Å². The first-order valence-electron chi connectivity index (χ1n) is 5.19. The summed E-state index contributed by atoms with van der Waals surface area (Å²) in [5.74, 6) is -1.16. The molecule has 5 nitrogen and oxygen atoms in total. The van der Waals surface area contributed by atoms with Gasteiger partial charge < -0.3 is 15.8 Å². The van der Waals surface area contributed by atoms with E-state index in [2.05, 4.69) is 4.98 Å². The molecule has 2 aromatic rings. The Kier molecular flexibility index (Phi) is 2.82. The molecule has 0 atom stereocenters. The summed E-state index contributed by atoms with van der Waals surface area (Å²) in [6, 6.07) is 5.24. The summed E-state index contributed by atoms with van der Waals surface area (Å²) < 4.78 is 0. The molecule has 2 rings (SSSR count). The van der Waals surface area contributed by atoms with Gasteiger partial charge in [-0.15, -0.1) is 0 Å². The molecule has 0 unspecified atom stereocenters. The van der Waals surface area contributed by atoms with Gasteiger partial charge in [-0.2, -0.15) is 0 Å². The number of carboxylic acids is 1. The van der Waals surface area contributed by atoms with Crippen LogP contribution in [0.3, 0.4) is 0 Å². The number of carbonyl (C=O) groups is 2. The molecule has 0 saturated heterocycles. The van der Waals surface area contributed by atoms with Crippen molar-refractivity contribution in [1.82, 2.24) is 4.98 Å². The molecule has 1 aromatic carbocycles. The van der Waals surface area contributed by atoms with E-state index in [9.17, 15) is 9.59 Å². The molecule has 0 aliphatic heterocycles. The monoisotopic (exact) mass is 232 g/mol. The van der Waals surface area contributed by atoms with Crippen molar-refractivity contribution < 1.29 is 14.7 Å². The summed E-state index contributed by atoms with van der Waals surface area (Å²) in [6.07, 6.45) is 1.43. The highest BCUT2D eigenvalue weighted by Gasteiger charge is 2.13. The molecule has 0 spiro atoms. The Hall–Kier alpha value is -2.30. The SMILES string of the molecule is Nc1ccc2[nH]cc(C(=O)CCC(=O)O)c2c1. The average Bonchev–Trinajstić information content (AvgIpc) is 2.68. The third kappa shape index (κ3) is 2.28. The maximum absolute atomic E-state index is 11.8. The number of nitrogen functional groups attached to an aromatic ring is 1. The second-order valence-electron chi connectivity index (χ2n) is 3.82. The Morgan fingerprint density at radius 1 is 1.29 bits per heavy atom. The molecule has 4 N–H and O–H groups in total. The number of carboxylic acid groups (broad SMARTS) is 1. The van der Waals surface area contributed by atoms with Crippen LogP contribution in [-0.4, -0.2) is 21.8 Å². The topological polar surface area (TPSA) is 96.2 Å². The van der Waals surface area contributed by atoms with Crippen LogP contribution in [0.2, 0.25) is 0 Å². The Balaban J connectivity index is 2.32. The van der Waals surface area contributed by atoms with E-state index < -0.39 is 5.97 Å². The van der Waals surface area contributed by atoms with E-state index in [1.165, 1.54) is 0 Å². The van der Waals surface area contributed by atoms with Crippen molar-refractivity contribution in [2.24, 2.45) is 0 Å². The number of aromatic amines is 1. The number of anilines is 1. The molecule has 1 heterocycles. The van der Waals surface area contributed by atoms with Crippen LogP contribution in [0.1, 0.15) is 23.2 Å². The fourth-order valence-corrected chi connectivity index (χ4v) is 1.72. The number of nitrogens with two attached hydrogens (primary N) is 1. The van der Waals surface area contributed by atoms with Crippen molar-refractivity contribution in [3.63, 3.8) is 0 Å². The van der Waals surface area contributed by atoms with Gasteiger partial charge in [0.25, 0.3) is 0 Å². The van der Waals surface area contributed by atoms with Crippen LogP contribution in [0, 0.1) is 0 Å². The lowest BCUT2D eigenvalue weighted by Crippen LogP contribution is -2.03. The summed E-state index contributed by atoms with van der Waals surface area (Å²) in [4.78, 5) is 25.2. The standard InChI is InChI=1S/C12H12N2O3/c13-7-1-2-10-8(5-7)9(6-14-10)11(15)3-4-12(16)17/h1-2,5-6,14H,3-4,13H2,(H,16,17). The maximum Gasteiger partial charge on any atom is 0.303 e. The lowest BCUT2D eigenvalue weighted by atomic mass is 10.1. The fraction of sp³-hybridized carbons (Fsp3) is 0.167. The Morgan fingerprint density at radius 2 is 2.06 bits per heavy atom. The first kappa shape index (κ1) is 11.2. The zero-order chi connectivity index (χ0) is 12.4. The third-order valence-corrected chi connectivity index (χ3v) is 2.57. The number of ketones is 1. The van der Waals surface area contributed by atoms with Crippen molar-refractivity contribution in [3.05, 3.63) is 30.0 Å². The van der Waals surface area contributed by atoms with Gasteiger partial charge in [0.05, 0.1) is 6.42 Å². The number of hydrogen-bond acceptors (Lipinski definition) is 3. The van der Waals surface area contributed by atoms with Crippen molar-refractivity contribution in [3.8, 4) is 0 Å². The van der Waals surface area contributed by atoms with Crippen LogP contribution < -0.4 is 5.73 Å². The van der Waals surface area contributed by atoms with Gasteiger partial charge in [0, 0.05) is 34.8 Å². The zero-order valence-electron chi connectivity index (χ0n) is 9.06. The number of fused-ring (bicyclic) bond motifs is 1. The number of carbonyl (C=O) groups excluding carboxylic acids is 1. The molecule has 0 aliphatic rings. The molecule has 5 heteroatoms. The average molecular weight is 232 g/mol. The first-order chi connectivity index (χ1) is 8.08. The lowest BCUT2D eigenvalue weighted by molar-refractivity contribution is -0.136. The van der Waals surface area contributed by atoms with E-state index in [1.807, 2.05) is 0 Å². The molecular weight excluding hydrogens is 220 g/mol. The molecule has 17 heavy (non-hydrogen) atoms. The van der Waals surface area contributed by atoms with Crippen LogP contribution in [0.5, 0.6) is 0 Å². The molecule has 1 aromatic heterocycles. The van der Waals surface area contributed by atoms with Gasteiger partial charge in [-0.1, -0.05) is 0 Å². The van der Waals surface area contributed by atoms with Gasteiger partial charge in [-0.3, -0.25) is 9.59 Å². The highest BCUT2D eigenvalue weighted by Crippen LogP contribution is 2.22. The van der Waals surface area contributed by atoms with Gasteiger partial charge in [0.1, 0.15) is 0 Å². The number of rotatable bonds is 4. The second kappa shape index (κ2) is 4.29. The number of benzene rings is 1. The Morgan fingerprint density at radius 3 is 2.76 bits per heavy atom. The summed E-state index contributed by atoms with van der Waals surface area (Å²) in [5, 5.41) is 9.27. The van der Waals surface area contributed by atoms with Crippen LogP contribution in [0.4, 0.5) is 5.69 Å². The summed E-state index contributed by atoms with van der Waals surface area (Å²) in [7, 11) is 0. The van der Waals surface area contributed by atoms with E-state index >= 15 is 0 Å². The first-order valence-corrected chi connectivity index (χ1v) is 5.19. The maximum atomic E-state index is 11.8. The normalized spacial score (nSPS) is 10.6. The van der Waals surface area contributed by atoms with Gasteiger partial charge in [0.15, 0.2) is 5.78 Å².